The molecule has 1 unspecified atom stereocenters. The van der Waals surface area contributed by atoms with E-state index in [0.29, 0.717) is 4.91 Å². The van der Waals surface area contributed by atoms with Crippen molar-refractivity contribution in [2.75, 3.05) is 0 Å². The molecule has 1 aliphatic carbocycles. The van der Waals surface area contributed by atoms with Crippen LogP contribution in [0.2, 0.25) is 5.02 Å². The van der Waals surface area contributed by atoms with Crippen molar-refractivity contribution in [3.05, 3.63) is 94.0 Å². The average molecular weight is 450 g/mol. The first-order valence-corrected chi connectivity index (χ1v) is 11.6. The molecule has 3 aromatic carbocycles. The summed E-state index contributed by atoms with van der Waals surface area (Å²) in [5.41, 5.74) is 6.62. The van der Waals surface area contributed by atoms with E-state index in [1.807, 2.05) is 36.4 Å². The lowest BCUT2D eigenvalue weighted by Gasteiger charge is -2.16. The van der Waals surface area contributed by atoms with Gasteiger partial charge in [0.1, 0.15) is 11.9 Å². The lowest BCUT2D eigenvalue weighted by molar-refractivity contribution is -0.114. The van der Waals surface area contributed by atoms with E-state index in [1.165, 1.54) is 28.3 Å². The topological polar surface area (TPSA) is 55.4 Å². The van der Waals surface area contributed by atoms with E-state index in [2.05, 4.69) is 35.9 Å². The molecule has 2 aliphatic rings. The van der Waals surface area contributed by atoms with Crippen LogP contribution >= 0.6 is 11.6 Å². The third kappa shape index (κ3) is 3.80. The maximum atomic E-state index is 12.0. The quantitative estimate of drug-likeness (QED) is 0.570. The van der Waals surface area contributed by atoms with Gasteiger partial charge in [-0.1, -0.05) is 53.6 Å². The van der Waals surface area contributed by atoms with Crippen molar-refractivity contribution < 1.29 is 13.7 Å². The van der Waals surface area contributed by atoms with Crippen molar-refractivity contribution in [2.24, 2.45) is 0 Å². The van der Waals surface area contributed by atoms with E-state index in [4.69, 9.17) is 16.3 Å². The third-order valence-electron chi connectivity index (χ3n) is 5.70. The Morgan fingerprint density at radius 2 is 1.87 bits per heavy atom. The molecule has 0 radical (unpaired) electrons. The van der Waals surface area contributed by atoms with Crippen LogP contribution < -0.4 is 9.46 Å². The molecule has 1 heterocycles. The number of nitrogens with one attached hydrogen (secondary N) is 1. The van der Waals surface area contributed by atoms with Crippen LogP contribution in [-0.4, -0.2) is 10.1 Å². The number of rotatable bonds is 4. The smallest absolute Gasteiger partial charge is 0.257 e. The van der Waals surface area contributed by atoms with Crippen molar-refractivity contribution in [3.63, 3.8) is 0 Å². The van der Waals surface area contributed by atoms with Gasteiger partial charge in [-0.2, -0.15) is 0 Å². The summed E-state index contributed by atoms with van der Waals surface area (Å²) in [5.74, 6) is 0.407. The molecule has 31 heavy (non-hydrogen) atoms. The van der Waals surface area contributed by atoms with Gasteiger partial charge in [-0.15, -0.1) is 0 Å². The van der Waals surface area contributed by atoms with Crippen LogP contribution in [0.15, 0.2) is 66.7 Å². The van der Waals surface area contributed by atoms with E-state index in [-0.39, 0.29) is 12.0 Å². The molecule has 0 bridgehead atoms. The van der Waals surface area contributed by atoms with Gasteiger partial charge in [-0.05, 0) is 66.3 Å². The molecule has 1 N–H and O–H groups in total. The Kier molecular flexibility index (Phi) is 5.16. The molecule has 0 saturated carbocycles. The maximum absolute atomic E-state index is 12.0. The molecule has 4 nitrogen and oxygen atoms in total. The molecule has 6 heteroatoms. The molecule has 5 rings (SSSR count). The number of halogens is 1. The Labute approximate surface area is 188 Å². The monoisotopic (exact) mass is 449 g/mol. The normalized spacial score (nSPS) is 19.7. The Morgan fingerprint density at radius 1 is 1.06 bits per heavy atom. The number of fused-ring (bicyclic) bond motifs is 1. The largest absolute Gasteiger partial charge is 0.486 e. The van der Waals surface area contributed by atoms with Crippen LogP contribution in [0.1, 0.15) is 34.8 Å². The Bertz CT molecular complexity index is 1250. The molecule has 0 spiro atoms. The van der Waals surface area contributed by atoms with Crippen LogP contribution in [0.25, 0.3) is 16.0 Å². The number of aryl methyl sites for hydroxylation is 1. The fraction of sp³-hybridized carbons (Fsp3) is 0.160. The Balaban J connectivity index is 1.40. The summed E-state index contributed by atoms with van der Waals surface area (Å²) in [6, 6.07) is 19.8. The van der Waals surface area contributed by atoms with Crippen molar-refractivity contribution >= 4 is 33.4 Å². The minimum Gasteiger partial charge on any atom is -0.486 e. The first kappa shape index (κ1) is 20.0. The SMILES string of the molecule is Cc1ccc(Cl)c(-c2cccc3c2CC[C@H]3Oc2ccc(C3=CC(=O)NS3=O)cc2)c1. The molecule has 2 atom stereocenters. The fourth-order valence-corrected chi connectivity index (χ4v) is 5.37. The average Bonchev–Trinajstić information content (AvgIpc) is 3.33. The molecule has 0 fully saturated rings. The number of benzene rings is 3. The fourth-order valence-electron chi connectivity index (χ4n) is 4.24. The number of carbonyl (C=O) groups excluding carboxylic acids is 1. The highest BCUT2D eigenvalue weighted by atomic mass is 35.5. The molecular formula is C25H20ClNO3S. The van der Waals surface area contributed by atoms with Gasteiger partial charge in [-0.25, -0.2) is 4.21 Å². The molecule has 0 saturated heterocycles. The predicted octanol–water partition coefficient (Wildman–Crippen LogP) is 5.52. The summed E-state index contributed by atoms with van der Waals surface area (Å²) in [5, 5.41) is 0.755. The summed E-state index contributed by atoms with van der Waals surface area (Å²) < 4.78 is 20.6. The van der Waals surface area contributed by atoms with Crippen molar-refractivity contribution in [1.82, 2.24) is 4.72 Å². The molecule has 0 aromatic heterocycles. The van der Waals surface area contributed by atoms with Gasteiger partial charge in [0.15, 0.2) is 11.0 Å². The Morgan fingerprint density at radius 3 is 2.61 bits per heavy atom. The lowest BCUT2D eigenvalue weighted by atomic mass is 9.95. The van der Waals surface area contributed by atoms with Crippen molar-refractivity contribution in [2.45, 2.75) is 25.9 Å². The van der Waals surface area contributed by atoms with E-state index >= 15 is 0 Å². The van der Waals surface area contributed by atoms with Gasteiger partial charge in [-0.3, -0.25) is 9.52 Å². The van der Waals surface area contributed by atoms with Gasteiger partial charge in [0.2, 0.25) is 0 Å². The van der Waals surface area contributed by atoms with Gasteiger partial charge in [0, 0.05) is 16.7 Å². The van der Waals surface area contributed by atoms with Gasteiger partial charge < -0.3 is 4.74 Å². The summed E-state index contributed by atoms with van der Waals surface area (Å²) in [6.45, 7) is 2.07. The van der Waals surface area contributed by atoms with Crippen LogP contribution in [0.5, 0.6) is 5.75 Å². The van der Waals surface area contributed by atoms with Gasteiger partial charge >= 0.3 is 0 Å². The van der Waals surface area contributed by atoms with Crippen molar-refractivity contribution in [3.8, 4) is 16.9 Å². The number of amides is 1. The lowest BCUT2D eigenvalue weighted by Crippen LogP contribution is -2.16. The molecule has 3 aromatic rings. The summed E-state index contributed by atoms with van der Waals surface area (Å²) in [4.78, 5) is 11.9. The number of carbonyl (C=O) groups is 1. The van der Waals surface area contributed by atoms with Crippen LogP contribution in [0.4, 0.5) is 0 Å². The molecule has 156 valence electrons. The number of hydrogen-bond donors (Lipinski definition) is 1. The Hall–Kier alpha value is -2.89. The van der Waals surface area contributed by atoms with E-state index in [0.717, 1.165) is 34.7 Å². The highest BCUT2D eigenvalue weighted by Gasteiger charge is 2.27. The van der Waals surface area contributed by atoms with E-state index in [1.54, 1.807) is 0 Å². The van der Waals surface area contributed by atoms with Gasteiger partial charge in [0.05, 0.1) is 4.91 Å². The predicted molar refractivity (Wildman–Crippen MR) is 124 cm³/mol. The van der Waals surface area contributed by atoms with Crippen LogP contribution in [0, 0.1) is 6.92 Å². The first-order chi connectivity index (χ1) is 15.0. The molecule has 1 amide bonds. The molecular weight excluding hydrogens is 430 g/mol. The van der Waals surface area contributed by atoms with E-state index in [9.17, 15) is 9.00 Å². The van der Waals surface area contributed by atoms with Crippen LogP contribution in [0.3, 0.4) is 0 Å². The van der Waals surface area contributed by atoms with Gasteiger partial charge in [0.25, 0.3) is 5.91 Å². The second-order valence-electron chi connectivity index (χ2n) is 7.77. The minimum atomic E-state index is -1.50. The van der Waals surface area contributed by atoms with Crippen LogP contribution in [-0.2, 0) is 22.2 Å². The first-order valence-electron chi connectivity index (χ1n) is 10.1. The highest BCUT2D eigenvalue weighted by molar-refractivity contribution is 7.93. The number of hydrogen-bond acceptors (Lipinski definition) is 3. The second kappa shape index (κ2) is 7.98. The van der Waals surface area contributed by atoms with E-state index < -0.39 is 11.0 Å². The third-order valence-corrected chi connectivity index (χ3v) is 7.17. The summed E-state index contributed by atoms with van der Waals surface area (Å²) in [7, 11) is -1.50. The maximum Gasteiger partial charge on any atom is 0.257 e. The summed E-state index contributed by atoms with van der Waals surface area (Å²) in [6.07, 6.45) is 3.16. The zero-order valence-electron chi connectivity index (χ0n) is 16.9. The zero-order valence-corrected chi connectivity index (χ0v) is 18.4. The highest BCUT2D eigenvalue weighted by Crippen LogP contribution is 2.42. The number of ether oxygens (including phenoxy) is 1. The molecule has 1 aliphatic heterocycles. The minimum absolute atomic E-state index is 0.0348. The zero-order chi connectivity index (χ0) is 21.5. The standard InChI is InChI=1S/C25H20ClNO3S/c1-15-5-11-22(26)21(13-15)18-3-2-4-20-19(18)10-12-23(20)30-17-8-6-16(7-9-17)24-14-25(28)27-31(24)29/h2-9,11,13-14,23H,10,12H2,1H3,(H,27,28)/t23-,31?/m1/s1. The second-order valence-corrected chi connectivity index (χ2v) is 9.36. The van der Waals surface area contributed by atoms with Crippen molar-refractivity contribution in [1.29, 1.82) is 0 Å². The summed E-state index contributed by atoms with van der Waals surface area (Å²) >= 11 is 6.50.